The molecule has 4 rings (SSSR count). The minimum atomic E-state index is -0.399. The zero-order chi connectivity index (χ0) is 21.8. The second-order valence-electron chi connectivity index (χ2n) is 7.16. The first kappa shape index (κ1) is 21.3. The number of amides is 1. The Morgan fingerprint density at radius 3 is 2.39 bits per heavy atom. The molecule has 1 aliphatic heterocycles. The van der Waals surface area contributed by atoms with Gasteiger partial charge in [-0.1, -0.05) is 29.3 Å². The largest absolute Gasteiger partial charge is 0.353 e. The molecule has 0 radical (unpaired) electrons. The molecule has 1 aromatic carbocycles. The molecule has 31 heavy (non-hydrogen) atoms. The quantitative estimate of drug-likeness (QED) is 0.599. The van der Waals surface area contributed by atoms with E-state index in [0.29, 0.717) is 17.3 Å². The van der Waals surface area contributed by atoms with Gasteiger partial charge in [0.25, 0.3) is 5.91 Å². The third-order valence-corrected chi connectivity index (χ3v) is 5.56. The Labute approximate surface area is 190 Å². The Kier molecular flexibility index (Phi) is 6.50. The van der Waals surface area contributed by atoms with Crippen LogP contribution in [0.1, 0.15) is 10.4 Å². The van der Waals surface area contributed by atoms with E-state index < -0.39 is 5.91 Å². The van der Waals surface area contributed by atoms with Crippen LogP contribution in [0.4, 0.5) is 23.1 Å². The first-order valence-electron chi connectivity index (χ1n) is 9.73. The smallest absolute Gasteiger partial charge is 0.258 e. The number of carbonyl (C=O) groups excluding carboxylic acids is 1. The predicted octanol–water partition coefficient (Wildman–Crippen LogP) is 3.93. The summed E-state index contributed by atoms with van der Waals surface area (Å²) >= 11 is 12.2. The highest BCUT2D eigenvalue weighted by Gasteiger charge is 2.16. The average Bonchev–Trinajstić information content (AvgIpc) is 2.75. The van der Waals surface area contributed by atoms with Gasteiger partial charge in [0.1, 0.15) is 17.5 Å². The van der Waals surface area contributed by atoms with Crippen molar-refractivity contribution >= 4 is 52.3 Å². The number of hydrogen-bond donors (Lipinski definition) is 2. The van der Waals surface area contributed by atoms with Crippen molar-refractivity contribution in [3.05, 3.63) is 64.5 Å². The van der Waals surface area contributed by atoms with E-state index in [1.165, 1.54) is 0 Å². The molecule has 3 aromatic rings. The molecule has 0 aliphatic carbocycles. The molecule has 1 amide bonds. The second-order valence-corrected chi connectivity index (χ2v) is 7.97. The standard InChI is InChI=1S/C21H21Cl2N7O/c1-29-7-9-30(10-8-29)19-13-25-18(12-26-19)28-17-11-14(5-6-24-17)27-21(31)20-15(22)3-2-4-16(20)23/h2-6,11-13H,7-10H2,1H3,(H2,24,25,27,28,31). The van der Waals surface area contributed by atoms with E-state index in [1.54, 1.807) is 48.9 Å². The molecule has 160 valence electrons. The number of rotatable bonds is 5. The maximum atomic E-state index is 12.6. The van der Waals surface area contributed by atoms with E-state index >= 15 is 0 Å². The number of anilines is 4. The number of likely N-dealkylation sites (N-methyl/N-ethyl adjacent to an activating group) is 1. The third kappa shape index (κ3) is 5.22. The van der Waals surface area contributed by atoms with Gasteiger partial charge in [-0.05, 0) is 25.2 Å². The first-order valence-corrected chi connectivity index (χ1v) is 10.5. The number of aromatic nitrogens is 3. The lowest BCUT2D eigenvalue weighted by Crippen LogP contribution is -2.44. The molecule has 2 aromatic heterocycles. The maximum Gasteiger partial charge on any atom is 0.258 e. The van der Waals surface area contributed by atoms with Gasteiger partial charge in [-0.15, -0.1) is 0 Å². The lowest BCUT2D eigenvalue weighted by Gasteiger charge is -2.32. The number of carbonyl (C=O) groups is 1. The van der Waals surface area contributed by atoms with Crippen LogP contribution in [0, 0.1) is 0 Å². The monoisotopic (exact) mass is 457 g/mol. The van der Waals surface area contributed by atoms with Crippen LogP contribution < -0.4 is 15.5 Å². The summed E-state index contributed by atoms with van der Waals surface area (Å²) in [5.74, 6) is 1.53. The van der Waals surface area contributed by atoms with Gasteiger partial charge in [-0.2, -0.15) is 0 Å². The highest BCUT2D eigenvalue weighted by atomic mass is 35.5. The molecule has 0 unspecified atom stereocenters. The average molecular weight is 458 g/mol. The second kappa shape index (κ2) is 9.47. The summed E-state index contributed by atoms with van der Waals surface area (Å²) in [5.41, 5.74) is 0.767. The summed E-state index contributed by atoms with van der Waals surface area (Å²) in [6.45, 7) is 3.86. The molecule has 1 aliphatic rings. The Morgan fingerprint density at radius 1 is 0.968 bits per heavy atom. The Morgan fingerprint density at radius 2 is 1.71 bits per heavy atom. The summed E-state index contributed by atoms with van der Waals surface area (Å²) in [6.07, 6.45) is 5.00. The van der Waals surface area contributed by atoms with Crippen molar-refractivity contribution in [3.8, 4) is 0 Å². The number of hydrogen-bond acceptors (Lipinski definition) is 7. The number of nitrogens with one attached hydrogen (secondary N) is 2. The molecular weight excluding hydrogens is 437 g/mol. The molecule has 8 nitrogen and oxygen atoms in total. The van der Waals surface area contributed by atoms with E-state index in [9.17, 15) is 4.79 Å². The number of benzene rings is 1. The molecule has 0 spiro atoms. The fraction of sp³-hybridized carbons (Fsp3) is 0.238. The van der Waals surface area contributed by atoms with Crippen LogP contribution >= 0.6 is 23.2 Å². The molecule has 2 N–H and O–H groups in total. The summed E-state index contributed by atoms with van der Waals surface area (Å²) in [4.78, 5) is 30.3. The SMILES string of the molecule is CN1CCN(c2cnc(Nc3cc(NC(=O)c4c(Cl)cccc4Cl)ccn3)cn2)CC1. The van der Waals surface area contributed by atoms with Crippen LogP contribution in [0.5, 0.6) is 0 Å². The van der Waals surface area contributed by atoms with E-state index in [1.807, 2.05) is 0 Å². The molecule has 1 saturated heterocycles. The van der Waals surface area contributed by atoms with Crippen molar-refractivity contribution < 1.29 is 4.79 Å². The molecule has 0 saturated carbocycles. The van der Waals surface area contributed by atoms with Crippen LogP contribution in [0.25, 0.3) is 0 Å². The highest BCUT2D eigenvalue weighted by Crippen LogP contribution is 2.26. The van der Waals surface area contributed by atoms with E-state index in [2.05, 4.69) is 42.4 Å². The lowest BCUT2D eigenvalue weighted by molar-refractivity contribution is 0.102. The molecule has 0 bridgehead atoms. The number of nitrogens with zero attached hydrogens (tertiary/aromatic N) is 5. The van der Waals surface area contributed by atoms with Gasteiger partial charge in [0, 0.05) is 44.1 Å². The zero-order valence-corrected chi connectivity index (χ0v) is 18.4. The van der Waals surface area contributed by atoms with Gasteiger partial charge < -0.3 is 20.4 Å². The minimum absolute atomic E-state index is 0.225. The van der Waals surface area contributed by atoms with Crippen LogP contribution in [0.15, 0.2) is 48.9 Å². The summed E-state index contributed by atoms with van der Waals surface area (Å²) in [7, 11) is 2.11. The molecule has 10 heteroatoms. The highest BCUT2D eigenvalue weighted by molar-refractivity contribution is 6.40. The van der Waals surface area contributed by atoms with Crippen LogP contribution in [-0.2, 0) is 0 Å². The lowest BCUT2D eigenvalue weighted by atomic mass is 10.2. The van der Waals surface area contributed by atoms with Gasteiger partial charge >= 0.3 is 0 Å². The number of halogens is 2. The van der Waals surface area contributed by atoms with Crippen LogP contribution in [-0.4, -0.2) is 59.0 Å². The van der Waals surface area contributed by atoms with Crippen molar-refractivity contribution in [2.45, 2.75) is 0 Å². The number of pyridine rings is 1. The van der Waals surface area contributed by atoms with Crippen molar-refractivity contribution in [3.63, 3.8) is 0 Å². The molecular formula is C21H21Cl2N7O. The van der Waals surface area contributed by atoms with Crippen molar-refractivity contribution in [1.82, 2.24) is 19.9 Å². The first-order chi connectivity index (χ1) is 15.0. The van der Waals surface area contributed by atoms with Crippen LogP contribution in [0.2, 0.25) is 10.0 Å². The predicted molar refractivity (Wildman–Crippen MR) is 124 cm³/mol. The Balaban J connectivity index is 1.42. The van der Waals surface area contributed by atoms with Crippen molar-refractivity contribution in [2.75, 3.05) is 48.8 Å². The topological polar surface area (TPSA) is 86.3 Å². The van der Waals surface area contributed by atoms with Gasteiger partial charge in [0.2, 0.25) is 0 Å². The summed E-state index contributed by atoms with van der Waals surface area (Å²) < 4.78 is 0. The Hall–Kier alpha value is -2.94. The Bertz CT molecular complexity index is 1050. The normalized spacial score (nSPS) is 14.4. The van der Waals surface area contributed by atoms with Crippen molar-refractivity contribution in [1.29, 1.82) is 0 Å². The molecule has 0 atom stereocenters. The maximum absolute atomic E-state index is 12.6. The number of piperazine rings is 1. The van der Waals surface area contributed by atoms with Crippen molar-refractivity contribution in [2.24, 2.45) is 0 Å². The zero-order valence-electron chi connectivity index (χ0n) is 16.8. The van der Waals surface area contributed by atoms with E-state index in [4.69, 9.17) is 23.2 Å². The fourth-order valence-corrected chi connectivity index (χ4v) is 3.77. The van der Waals surface area contributed by atoms with Crippen LogP contribution in [0.3, 0.4) is 0 Å². The summed E-state index contributed by atoms with van der Waals surface area (Å²) in [5, 5.41) is 6.46. The van der Waals surface area contributed by atoms with E-state index in [-0.39, 0.29) is 15.6 Å². The molecule has 1 fully saturated rings. The van der Waals surface area contributed by atoms with E-state index in [0.717, 1.165) is 32.0 Å². The fourth-order valence-electron chi connectivity index (χ4n) is 3.20. The van der Waals surface area contributed by atoms with Gasteiger partial charge in [0.05, 0.1) is 28.0 Å². The van der Waals surface area contributed by atoms with Gasteiger partial charge in [-0.3, -0.25) is 4.79 Å². The third-order valence-electron chi connectivity index (χ3n) is 4.93. The van der Waals surface area contributed by atoms with Gasteiger partial charge in [0.15, 0.2) is 0 Å². The molecule has 3 heterocycles. The van der Waals surface area contributed by atoms with Gasteiger partial charge in [-0.25, -0.2) is 15.0 Å². The minimum Gasteiger partial charge on any atom is -0.353 e. The summed E-state index contributed by atoms with van der Waals surface area (Å²) in [6, 6.07) is 8.29.